The van der Waals surface area contributed by atoms with Crippen LogP contribution in [0.5, 0.6) is 0 Å². The third kappa shape index (κ3) is 3.42. The van der Waals surface area contributed by atoms with E-state index in [1.54, 1.807) is 12.1 Å². The van der Waals surface area contributed by atoms with Crippen molar-refractivity contribution in [2.24, 2.45) is 0 Å². The summed E-state index contributed by atoms with van der Waals surface area (Å²) < 4.78 is 13.6. The van der Waals surface area contributed by atoms with Gasteiger partial charge >= 0.3 is 0 Å². The van der Waals surface area contributed by atoms with Crippen molar-refractivity contribution >= 4 is 0 Å². The smallest absolute Gasteiger partial charge is 0.124 e. The first-order valence-electron chi connectivity index (χ1n) is 6.68. The molecule has 2 rings (SSSR count). The molecule has 1 N–H and O–H groups in total. The summed E-state index contributed by atoms with van der Waals surface area (Å²) in [7, 11) is 0. The number of benzene rings is 2. The molecule has 0 saturated heterocycles. The molecule has 0 fully saturated rings. The Morgan fingerprint density at radius 3 is 2.47 bits per heavy atom. The Morgan fingerprint density at radius 1 is 1.00 bits per heavy atom. The average molecular weight is 257 g/mol. The summed E-state index contributed by atoms with van der Waals surface area (Å²) in [5.74, 6) is -0.175. The number of nitrogens with one attached hydrogen (secondary N) is 1. The fourth-order valence-electron chi connectivity index (χ4n) is 2.26. The van der Waals surface area contributed by atoms with Gasteiger partial charge in [0.05, 0.1) is 0 Å². The minimum absolute atomic E-state index is 0.175. The number of hydrogen-bond acceptors (Lipinski definition) is 1. The Bertz CT molecular complexity index is 555. The van der Waals surface area contributed by atoms with Gasteiger partial charge in [-0.15, -0.1) is 0 Å². The highest BCUT2D eigenvalue weighted by molar-refractivity contribution is 5.69. The van der Waals surface area contributed by atoms with Gasteiger partial charge in [-0.3, -0.25) is 0 Å². The normalized spacial score (nSPS) is 10.7. The highest BCUT2D eigenvalue weighted by atomic mass is 19.1. The second-order valence-electron chi connectivity index (χ2n) is 4.96. The van der Waals surface area contributed by atoms with Crippen molar-refractivity contribution in [3.8, 4) is 11.1 Å². The summed E-state index contributed by atoms with van der Waals surface area (Å²) in [5, 5.41) is 3.33. The molecule has 0 aromatic heterocycles. The molecule has 100 valence electrons. The maximum absolute atomic E-state index is 13.6. The first kappa shape index (κ1) is 13.8. The lowest BCUT2D eigenvalue weighted by Gasteiger charge is -2.12. The average Bonchev–Trinajstić information content (AvgIpc) is 2.36. The van der Waals surface area contributed by atoms with Crippen LogP contribution in [0.1, 0.15) is 23.6 Å². The molecule has 0 amide bonds. The predicted molar refractivity (Wildman–Crippen MR) is 78.7 cm³/mol. The van der Waals surface area contributed by atoms with E-state index in [1.165, 1.54) is 11.1 Å². The zero-order valence-electron chi connectivity index (χ0n) is 11.8. The Balaban J connectivity index is 2.49. The van der Waals surface area contributed by atoms with E-state index < -0.39 is 0 Å². The summed E-state index contributed by atoms with van der Waals surface area (Å²) in [6.45, 7) is 7.80. The molecular formula is C17H20FN. The largest absolute Gasteiger partial charge is 0.313 e. The Hall–Kier alpha value is -1.67. The van der Waals surface area contributed by atoms with Crippen LogP contribution in [0, 0.1) is 19.7 Å². The molecule has 0 heterocycles. The van der Waals surface area contributed by atoms with E-state index in [-0.39, 0.29) is 5.82 Å². The highest BCUT2D eigenvalue weighted by Gasteiger charge is 2.07. The molecule has 2 aromatic carbocycles. The Kier molecular flexibility index (Phi) is 4.33. The van der Waals surface area contributed by atoms with Crippen LogP contribution in [0.25, 0.3) is 11.1 Å². The van der Waals surface area contributed by atoms with Crippen LogP contribution in [-0.2, 0) is 6.54 Å². The van der Waals surface area contributed by atoms with Crippen LogP contribution in [0.15, 0.2) is 36.4 Å². The predicted octanol–water partition coefficient (Wildman–Crippen LogP) is 4.22. The lowest BCUT2D eigenvalue weighted by Crippen LogP contribution is -2.12. The molecule has 1 nitrogen and oxygen atoms in total. The summed E-state index contributed by atoms with van der Waals surface area (Å²) in [4.78, 5) is 0. The lowest BCUT2D eigenvalue weighted by atomic mass is 9.96. The Morgan fingerprint density at radius 2 is 1.79 bits per heavy atom. The topological polar surface area (TPSA) is 12.0 Å². The van der Waals surface area contributed by atoms with E-state index in [1.807, 2.05) is 13.0 Å². The molecule has 0 spiro atoms. The van der Waals surface area contributed by atoms with E-state index in [4.69, 9.17) is 0 Å². The van der Waals surface area contributed by atoms with Gasteiger partial charge in [0.25, 0.3) is 0 Å². The lowest BCUT2D eigenvalue weighted by molar-refractivity contribution is 0.627. The van der Waals surface area contributed by atoms with Crippen LogP contribution in [-0.4, -0.2) is 6.54 Å². The zero-order valence-corrected chi connectivity index (χ0v) is 11.8. The quantitative estimate of drug-likeness (QED) is 0.864. The summed E-state index contributed by atoms with van der Waals surface area (Å²) in [5.41, 5.74) is 5.41. The van der Waals surface area contributed by atoms with E-state index in [0.717, 1.165) is 29.8 Å². The van der Waals surface area contributed by atoms with E-state index in [9.17, 15) is 4.39 Å². The molecule has 0 saturated carbocycles. The number of rotatable bonds is 4. The van der Waals surface area contributed by atoms with Gasteiger partial charge in [-0.05, 0) is 54.8 Å². The molecule has 0 radical (unpaired) electrons. The zero-order chi connectivity index (χ0) is 13.8. The van der Waals surface area contributed by atoms with Crippen LogP contribution in [0.4, 0.5) is 4.39 Å². The molecule has 2 aromatic rings. The van der Waals surface area contributed by atoms with Crippen molar-refractivity contribution < 1.29 is 4.39 Å². The SMILES string of the molecule is CCNCc1ccc(C)cc1-c1cc(C)cc(F)c1. The van der Waals surface area contributed by atoms with Gasteiger partial charge in [-0.25, -0.2) is 4.39 Å². The van der Waals surface area contributed by atoms with Gasteiger partial charge in [-0.1, -0.05) is 36.8 Å². The van der Waals surface area contributed by atoms with Crippen LogP contribution < -0.4 is 5.32 Å². The summed E-state index contributed by atoms with van der Waals surface area (Å²) >= 11 is 0. The van der Waals surface area contributed by atoms with Crippen molar-refractivity contribution in [1.29, 1.82) is 0 Å². The number of halogens is 1. The first-order chi connectivity index (χ1) is 9.10. The van der Waals surface area contributed by atoms with E-state index >= 15 is 0 Å². The van der Waals surface area contributed by atoms with Crippen LogP contribution in [0.2, 0.25) is 0 Å². The third-order valence-corrected chi connectivity index (χ3v) is 3.18. The molecule has 0 atom stereocenters. The Labute approximate surface area is 114 Å². The van der Waals surface area contributed by atoms with Gasteiger partial charge in [0.2, 0.25) is 0 Å². The number of hydrogen-bond donors (Lipinski definition) is 1. The molecule has 0 unspecified atom stereocenters. The fourth-order valence-corrected chi connectivity index (χ4v) is 2.26. The van der Waals surface area contributed by atoms with Gasteiger partial charge in [0.1, 0.15) is 5.82 Å². The monoisotopic (exact) mass is 257 g/mol. The van der Waals surface area contributed by atoms with Gasteiger partial charge in [0, 0.05) is 6.54 Å². The van der Waals surface area contributed by atoms with E-state index in [2.05, 4.69) is 37.4 Å². The molecule has 19 heavy (non-hydrogen) atoms. The third-order valence-electron chi connectivity index (χ3n) is 3.18. The second-order valence-corrected chi connectivity index (χ2v) is 4.96. The minimum Gasteiger partial charge on any atom is -0.313 e. The van der Waals surface area contributed by atoms with Gasteiger partial charge < -0.3 is 5.32 Å². The standard InChI is InChI=1S/C17H20FN/c1-4-19-11-14-6-5-12(2)9-17(14)15-7-13(3)8-16(18)10-15/h5-10,19H,4,11H2,1-3H3. The first-order valence-corrected chi connectivity index (χ1v) is 6.68. The molecule has 2 heteroatoms. The van der Waals surface area contributed by atoms with Crippen molar-refractivity contribution in [2.75, 3.05) is 6.54 Å². The van der Waals surface area contributed by atoms with Crippen LogP contribution >= 0.6 is 0 Å². The highest BCUT2D eigenvalue weighted by Crippen LogP contribution is 2.26. The fraction of sp³-hybridized carbons (Fsp3) is 0.294. The maximum atomic E-state index is 13.6. The van der Waals surface area contributed by atoms with Crippen molar-refractivity contribution in [3.05, 3.63) is 58.9 Å². The van der Waals surface area contributed by atoms with Gasteiger partial charge in [0.15, 0.2) is 0 Å². The molecule has 0 aliphatic heterocycles. The molecule has 0 aliphatic carbocycles. The van der Waals surface area contributed by atoms with Crippen molar-refractivity contribution in [1.82, 2.24) is 5.32 Å². The summed E-state index contributed by atoms with van der Waals surface area (Å²) in [6, 6.07) is 11.5. The summed E-state index contributed by atoms with van der Waals surface area (Å²) in [6.07, 6.45) is 0. The molecule has 0 aliphatic rings. The molecular weight excluding hydrogens is 237 g/mol. The van der Waals surface area contributed by atoms with Crippen molar-refractivity contribution in [3.63, 3.8) is 0 Å². The van der Waals surface area contributed by atoms with Crippen molar-refractivity contribution in [2.45, 2.75) is 27.3 Å². The molecule has 0 bridgehead atoms. The number of aryl methyl sites for hydroxylation is 2. The van der Waals surface area contributed by atoms with Crippen LogP contribution in [0.3, 0.4) is 0 Å². The minimum atomic E-state index is -0.175. The van der Waals surface area contributed by atoms with Gasteiger partial charge in [-0.2, -0.15) is 0 Å². The maximum Gasteiger partial charge on any atom is 0.124 e. The van der Waals surface area contributed by atoms with E-state index in [0.29, 0.717) is 0 Å². The second kappa shape index (κ2) is 5.98.